The van der Waals surface area contributed by atoms with Crippen molar-refractivity contribution in [2.75, 3.05) is 0 Å². The zero-order valence-electron chi connectivity index (χ0n) is 14.0. The third kappa shape index (κ3) is 2.78. The van der Waals surface area contributed by atoms with Crippen molar-refractivity contribution in [3.8, 4) is 11.8 Å². The van der Waals surface area contributed by atoms with Crippen molar-refractivity contribution in [3.05, 3.63) is 74.8 Å². The number of hydrogen-bond donors (Lipinski definition) is 1. The maximum absolute atomic E-state index is 13.7. The lowest BCUT2D eigenvalue weighted by molar-refractivity contribution is 0.388. The Balaban J connectivity index is 2.31. The number of aryl methyl sites for hydroxylation is 1. The Bertz CT molecular complexity index is 970. The SMILES string of the molecule is CCCc1cc2c(c(=O)n1C)C(c1cccc(F)c1)C(C#N)=C(N)O2. The van der Waals surface area contributed by atoms with Gasteiger partial charge in [-0.15, -0.1) is 0 Å². The minimum atomic E-state index is -0.751. The lowest BCUT2D eigenvalue weighted by Gasteiger charge is -2.27. The molecule has 1 atom stereocenters. The highest BCUT2D eigenvalue weighted by Crippen LogP contribution is 2.40. The van der Waals surface area contributed by atoms with Gasteiger partial charge in [0.05, 0.1) is 11.5 Å². The van der Waals surface area contributed by atoms with Gasteiger partial charge in [0, 0.05) is 18.8 Å². The minimum Gasteiger partial charge on any atom is -0.440 e. The second kappa shape index (κ2) is 6.44. The summed E-state index contributed by atoms with van der Waals surface area (Å²) >= 11 is 0. The number of ether oxygens (including phenoxy) is 1. The van der Waals surface area contributed by atoms with Crippen LogP contribution in [0.25, 0.3) is 0 Å². The third-order valence-electron chi connectivity index (χ3n) is 4.40. The monoisotopic (exact) mass is 339 g/mol. The average Bonchev–Trinajstić information content (AvgIpc) is 2.58. The zero-order chi connectivity index (χ0) is 18.1. The fourth-order valence-corrected chi connectivity index (χ4v) is 3.19. The van der Waals surface area contributed by atoms with E-state index >= 15 is 0 Å². The van der Waals surface area contributed by atoms with Crippen LogP contribution >= 0.6 is 0 Å². The first-order chi connectivity index (χ1) is 12.0. The molecular formula is C19H18FN3O2. The topological polar surface area (TPSA) is 81.0 Å². The lowest BCUT2D eigenvalue weighted by atomic mass is 9.84. The van der Waals surface area contributed by atoms with Gasteiger partial charge in [0.15, 0.2) is 0 Å². The third-order valence-corrected chi connectivity index (χ3v) is 4.40. The molecule has 0 radical (unpaired) electrons. The van der Waals surface area contributed by atoms with Crippen LogP contribution in [0.3, 0.4) is 0 Å². The molecule has 0 saturated carbocycles. The first-order valence-electron chi connectivity index (χ1n) is 8.03. The molecular weight excluding hydrogens is 321 g/mol. The number of nitriles is 1. The van der Waals surface area contributed by atoms with Crippen LogP contribution in [0.4, 0.5) is 4.39 Å². The summed E-state index contributed by atoms with van der Waals surface area (Å²) in [5.74, 6) is -0.920. The lowest BCUT2D eigenvalue weighted by Crippen LogP contribution is -2.32. The van der Waals surface area contributed by atoms with E-state index in [0.717, 1.165) is 12.1 Å². The zero-order valence-corrected chi connectivity index (χ0v) is 14.0. The fraction of sp³-hybridized carbons (Fsp3) is 0.263. The molecule has 0 bridgehead atoms. The van der Waals surface area contributed by atoms with E-state index in [1.54, 1.807) is 29.8 Å². The Labute approximate surface area is 144 Å². The van der Waals surface area contributed by atoms with Crippen molar-refractivity contribution in [3.63, 3.8) is 0 Å². The molecule has 1 aliphatic heterocycles. The van der Waals surface area contributed by atoms with Crippen LogP contribution in [0.2, 0.25) is 0 Å². The van der Waals surface area contributed by atoms with Crippen molar-refractivity contribution < 1.29 is 9.13 Å². The van der Waals surface area contributed by atoms with Gasteiger partial charge < -0.3 is 15.0 Å². The van der Waals surface area contributed by atoms with Gasteiger partial charge in [-0.3, -0.25) is 4.79 Å². The Morgan fingerprint density at radius 1 is 1.40 bits per heavy atom. The molecule has 3 rings (SSSR count). The van der Waals surface area contributed by atoms with Crippen LogP contribution in [0.15, 0.2) is 46.6 Å². The molecule has 0 aliphatic carbocycles. The molecule has 0 amide bonds. The van der Waals surface area contributed by atoms with Crippen LogP contribution in [0.1, 0.15) is 36.1 Å². The largest absolute Gasteiger partial charge is 0.440 e. The molecule has 128 valence electrons. The molecule has 6 heteroatoms. The van der Waals surface area contributed by atoms with Crippen LogP contribution in [-0.2, 0) is 13.5 Å². The summed E-state index contributed by atoms with van der Waals surface area (Å²) in [5.41, 5.74) is 7.37. The molecule has 0 saturated heterocycles. The van der Waals surface area contributed by atoms with Crippen molar-refractivity contribution in [1.29, 1.82) is 5.26 Å². The highest BCUT2D eigenvalue weighted by atomic mass is 19.1. The molecule has 2 N–H and O–H groups in total. The Hall–Kier alpha value is -3.07. The molecule has 5 nitrogen and oxygen atoms in total. The van der Waals surface area contributed by atoms with Gasteiger partial charge in [0.25, 0.3) is 5.56 Å². The number of benzene rings is 1. The first kappa shape index (κ1) is 16.8. The van der Waals surface area contributed by atoms with Crippen LogP contribution in [0, 0.1) is 17.1 Å². The summed E-state index contributed by atoms with van der Waals surface area (Å²) in [4.78, 5) is 13.0. The van der Waals surface area contributed by atoms with E-state index in [1.807, 2.05) is 13.0 Å². The van der Waals surface area contributed by atoms with E-state index in [-0.39, 0.29) is 17.0 Å². The van der Waals surface area contributed by atoms with Gasteiger partial charge in [-0.05, 0) is 24.1 Å². The number of aromatic nitrogens is 1. The second-order valence-corrected chi connectivity index (χ2v) is 6.01. The number of fused-ring (bicyclic) bond motifs is 1. The summed E-state index contributed by atoms with van der Waals surface area (Å²) in [6.07, 6.45) is 1.58. The molecule has 1 aliphatic rings. The van der Waals surface area contributed by atoms with Crippen molar-refractivity contribution in [2.45, 2.75) is 25.7 Å². The molecule has 1 unspecified atom stereocenters. The maximum atomic E-state index is 13.7. The van der Waals surface area contributed by atoms with E-state index in [4.69, 9.17) is 10.5 Å². The van der Waals surface area contributed by atoms with Crippen LogP contribution in [0.5, 0.6) is 5.75 Å². The maximum Gasteiger partial charge on any atom is 0.258 e. The minimum absolute atomic E-state index is 0.0556. The first-order valence-corrected chi connectivity index (χ1v) is 8.03. The predicted molar refractivity (Wildman–Crippen MR) is 91.4 cm³/mol. The molecule has 25 heavy (non-hydrogen) atoms. The molecule has 2 aromatic rings. The fourth-order valence-electron chi connectivity index (χ4n) is 3.19. The number of allylic oxidation sites excluding steroid dienone is 1. The number of pyridine rings is 1. The summed E-state index contributed by atoms with van der Waals surface area (Å²) < 4.78 is 20.8. The number of nitrogens with two attached hydrogens (primary N) is 1. The van der Waals surface area contributed by atoms with Gasteiger partial charge in [0.1, 0.15) is 23.2 Å². The summed E-state index contributed by atoms with van der Waals surface area (Å²) in [7, 11) is 1.68. The van der Waals surface area contributed by atoms with Gasteiger partial charge >= 0.3 is 0 Å². The summed E-state index contributed by atoms with van der Waals surface area (Å²) in [5, 5.41) is 9.52. The number of nitrogens with zero attached hydrogens (tertiary/aromatic N) is 2. The standard InChI is InChI=1S/C19H18FN3O2/c1-3-5-13-9-15-17(19(24)23(13)2)16(14(10-21)18(22)25-15)11-6-4-7-12(20)8-11/h4,6-9,16H,3,5,22H2,1-2H3. The van der Waals surface area contributed by atoms with Crippen molar-refractivity contribution in [1.82, 2.24) is 4.57 Å². The van der Waals surface area contributed by atoms with Gasteiger partial charge in [-0.25, -0.2) is 4.39 Å². The van der Waals surface area contributed by atoms with E-state index < -0.39 is 11.7 Å². The Morgan fingerprint density at radius 3 is 2.80 bits per heavy atom. The van der Waals surface area contributed by atoms with Crippen molar-refractivity contribution in [2.24, 2.45) is 12.8 Å². The molecule has 1 aromatic carbocycles. The van der Waals surface area contributed by atoms with E-state index in [9.17, 15) is 14.4 Å². The Kier molecular flexibility index (Phi) is 4.32. The number of hydrogen-bond acceptors (Lipinski definition) is 4. The predicted octanol–water partition coefficient (Wildman–Crippen LogP) is 2.70. The number of halogens is 1. The normalized spacial score (nSPS) is 16.2. The molecule has 0 spiro atoms. The van der Waals surface area contributed by atoms with E-state index in [1.165, 1.54) is 12.1 Å². The van der Waals surface area contributed by atoms with Crippen LogP contribution < -0.4 is 16.0 Å². The molecule has 2 heterocycles. The smallest absolute Gasteiger partial charge is 0.258 e. The summed E-state index contributed by atoms with van der Waals surface area (Å²) in [6.45, 7) is 2.02. The van der Waals surface area contributed by atoms with E-state index in [2.05, 4.69) is 0 Å². The van der Waals surface area contributed by atoms with Gasteiger partial charge in [-0.1, -0.05) is 25.5 Å². The van der Waals surface area contributed by atoms with Gasteiger partial charge in [0.2, 0.25) is 5.88 Å². The van der Waals surface area contributed by atoms with Crippen LogP contribution in [-0.4, -0.2) is 4.57 Å². The van der Waals surface area contributed by atoms with Crippen molar-refractivity contribution >= 4 is 0 Å². The summed E-state index contributed by atoms with van der Waals surface area (Å²) in [6, 6.07) is 9.62. The molecule has 1 aromatic heterocycles. The highest BCUT2D eigenvalue weighted by Gasteiger charge is 2.34. The Morgan fingerprint density at radius 2 is 2.16 bits per heavy atom. The van der Waals surface area contributed by atoms with E-state index in [0.29, 0.717) is 23.3 Å². The second-order valence-electron chi connectivity index (χ2n) is 6.01. The quantitative estimate of drug-likeness (QED) is 0.932. The number of rotatable bonds is 3. The highest BCUT2D eigenvalue weighted by molar-refractivity contribution is 5.55. The van der Waals surface area contributed by atoms with Gasteiger partial charge in [-0.2, -0.15) is 5.26 Å². The average molecular weight is 339 g/mol. The molecule has 0 fully saturated rings.